The quantitative estimate of drug-likeness (QED) is 0.775. The monoisotopic (exact) mass is 275 g/mol. The molecule has 3 rings (SSSR count). The number of methoxy groups -OCH3 is 1. The number of benzene rings is 1. The average Bonchev–Trinajstić information content (AvgIpc) is 2.98. The number of esters is 1. The molecular weight excluding hydrogens is 262 g/mol. The van der Waals surface area contributed by atoms with Crippen LogP contribution < -0.4 is 10.6 Å². The zero-order valence-corrected chi connectivity index (χ0v) is 10.8. The Labute approximate surface area is 113 Å². The molecule has 0 aliphatic carbocycles. The lowest BCUT2D eigenvalue weighted by molar-refractivity contribution is -0.145. The lowest BCUT2D eigenvalue weighted by Gasteiger charge is -2.16. The van der Waals surface area contributed by atoms with Gasteiger partial charge in [-0.3, -0.25) is 9.59 Å². The molecule has 2 aromatic rings. The average molecular weight is 275 g/mol. The van der Waals surface area contributed by atoms with E-state index in [0.29, 0.717) is 23.3 Å². The summed E-state index contributed by atoms with van der Waals surface area (Å²) in [6.45, 7) is 0.297. The molecular formula is C13H13N3O4. The zero-order valence-electron chi connectivity index (χ0n) is 10.8. The number of nitrogens with one attached hydrogen (secondary N) is 2. The predicted octanol–water partition coefficient (Wildman–Crippen LogP) is 0.382. The maximum absolute atomic E-state index is 12.0. The SMILES string of the molecule is COC(=O)C1CC(=O)N(c2ccc3[nH]c(=O)[nH]c3c2)C1. The Morgan fingerprint density at radius 2 is 2.05 bits per heavy atom. The van der Waals surface area contributed by atoms with E-state index >= 15 is 0 Å². The summed E-state index contributed by atoms with van der Waals surface area (Å²) in [6.07, 6.45) is 0.147. The van der Waals surface area contributed by atoms with Crippen LogP contribution in [-0.2, 0) is 14.3 Å². The Balaban J connectivity index is 1.92. The molecule has 1 saturated heterocycles. The first-order chi connectivity index (χ1) is 9.58. The topological polar surface area (TPSA) is 95.3 Å². The van der Waals surface area contributed by atoms with Crippen LogP contribution in [0.3, 0.4) is 0 Å². The van der Waals surface area contributed by atoms with Gasteiger partial charge in [-0.15, -0.1) is 0 Å². The maximum Gasteiger partial charge on any atom is 0.323 e. The summed E-state index contributed by atoms with van der Waals surface area (Å²) in [6, 6.07) is 5.18. The van der Waals surface area contributed by atoms with Gasteiger partial charge in [-0.05, 0) is 18.2 Å². The van der Waals surface area contributed by atoms with Crippen LogP contribution in [0, 0.1) is 5.92 Å². The third kappa shape index (κ3) is 1.97. The summed E-state index contributed by atoms with van der Waals surface area (Å²) in [5.41, 5.74) is 1.67. The molecule has 1 aromatic carbocycles. The summed E-state index contributed by atoms with van der Waals surface area (Å²) in [4.78, 5) is 41.5. The molecule has 1 atom stereocenters. The Bertz CT molecular complexity index is 745. The highest BCUT2D eigenvalue weighted by molar-refractivity contribution is 6.00. The molecule has 1 aliphatic heterocycles. The van der Waals surface area contributed by atoms with Crippen LogP contribution in [0.2, 0.25) is 0 Å². The zero-order chi connectivity index (χ0) is 14.3. The summed E-state index contributed by atoms with van der Waals surface area (Å²) in [7, 11) is 1.31. The Morgan fingerprint density at radius 3 is 2.80 bits per heavy atom. The lowest BCUT2D eigenvalue weighted by Crippen LogP contribution is -2.26. The van der Waals surface area contributed by atoms with Crippen LogP contribution in [0.4, 0.5) is 5.69 Å². The number of rotatable bonds is 2. The summed E-state index contributed by atoms with van der Waals surface area (Å²) >= 11 is 0. The standard InChI is InChI=1S/C13H13N3O4/c1-20-12(18)7-4-11(17)16(6-7)8-2-3-9-10(5-8)15-13(19)14-9/h2-3,5,7H,4,6H2,1H3,(H2,14,15,19). The van der Waals surface area contributed by atoms with Gasteiger partial charge in [-0.2, -0.15) is 0 Å². The number of hydrogen-bond donors (Lipinski definition) is 2. The number of amides is 1. The Hall–Kier alpha value is -2.57. The normalized spacial score (nSPS) is 18.8. The second kappa shape index (κ2) is 4.52. The van der Waals surface area contributed by atoms with E-state index in [9.17, 15) is 14.4 Å². The largest absolute Gasteiger partial charge is 0.469 e. The van der Waals surface area contributed by atoms with Crippen molar-refractivity contribution in [2.24, 2.45) is 5.92 Å². The van der Waals surface area contributed by atoms with Crippen molar-refractivity contribution in [3.05, 3.63) is 28.7 Å². The minimum atomic E-state index is -0.437. The van der Waals surface area contributed by atoms with Gasteiger partial charge in [0.25, 0.3) is 0 Å². The van der Waals surface area contributed by atoms with Crippen molar-refractivity contribution in [3.63, 3.8) is 0 Å². The van der Waals surface area contributed by atoms with E-state index in [1.807, 2.05) is 0 Å². The van der Waals surface area contributed by atoms with E-state index in [-0.39, 0.29) is 24.0 Å². The molecule has 1 fully saturated rings. The minimum absolute atomic E-state index is 0.127. The number of ether oxygens (including phenoxy) is 1. The van der Waals surface area contributed by atoms with E-state index in [1.165, 1.54) is 12.0 Å². The summed E-state index contributed by atoms with van der Waals surface area (Å²) in [5, 5.41) is 0. The second-order valence-electron chi connectivity index (χ2n) is 4.74. The minimum Gasteiger partial charge on any atom is -0.469 e. The first-order valence-corrected chi connectivity index (χ1v) is 6.18. The van der Waals surface area contributed by atoms with Gasteiger partial charge >= 0.3 is 11.7 Å². The van der Waals surface area contributed by atoms with Gasteiger partial charge in [0.1, 0.15) is 0 Å². The molecule has 2 heterocycles. The van der Waals surface area contributed by atoms with E-state index in [4.69, 9.17) is 0 Å². The molecule has 1 aromatic heterocycles. The fourth-order valence-corrected chi connectivity index (χ4v) is 2.47. The number of fused-ring (bicyclic) bond motifs is 1. The highest BCUT2D eigenvalue weighted by Gasteiger charge is 2.35. The van der Waals surface area contributed by atoms with Crippen LogP contribution in [0.15, 0.2) is 23.0 Å². The first-order valence-electron chi connectivity index (χ1n) is 6.18. The predicted molar refractivity (Wildman–Crippen MR) is 71.4 cm³/mol. The molecule has 0 radical (unpaired) electrons. The van der Waals surface area contributed by atoms with E-state index < -0.39 is 5.92 Å². The molecule has 7 heteroatoms. The van der Waals surface area contributed by atoms with Crippen LogP contribution in [0.5, 0.6) is 0 Å². The van der Waals surface area contributed by atoms with Crippen molar-refractivity contribution in [3.8, 4) is 0 Å². The Kier molecular flexibility index (Phi) is 2.81. The molecule has 0 saturated carbocycles. The van der Waals surface area contributed by atoms with Crippen molar-refractivity contribution in [2.45, 2.75) is 6.42 Å². The maximum atomic E-state index is 12.0. The number of aromatic nitrogens is 2. The molecule has 1 unspecified atom stereocenters. The van der Waals surface area contributed by atoms with Crippen LogP contribution in [0.25, 0.3) is 11.0 Å². The fourth-order valence-electron chi connectivity index (χ4n) is 2.47. The number of hydrogen-bond acceptors (Lipinski definition) is 4. The highest BCUT2D eigenvalue weighted by Crippen LogP contribution is 2.27. The highest BCUT2D eigenvalue weighted by atomic mass is 16.5. The molecule has 7 nitrogen and oxygen atoms in total. The van der Waals surface area contributed by atoms with E-state index in [0.717, 1.165) is 0 Å². The first kappa shape index (κ1) is 12.5. The summed E-state index contributed by atoms with van der Waals surface area (Å²) in [5.74, 6) is -0.942. The second-order valence-corrected chi connectivity index (χ2v) is 4.74. The van der Waals surface area contributed by atoms with Crippen LogP contribution in [-0.4, -0.2) is 35.5 Å². The molecule has 104 valence electrons. The van der Waals surface area contributed by atoms with Gasteiger partial charge in [0.15, 0.2) is 0 Å². The van der Waals surface area contributed by atoms with Crippen LogP contribution >= 0.6 is 0 Å². The van der Waals surface area contributed by atoms with Crippen molar-refractivity contribution in [2.75, 3.05) is 18.6 Å². The molecule has 1 aliphatic rings. The summed E-state index contributed by atoms with van der Waals surface area (Å²) < 4.78 is 4.67. The van der Waals surface area contributed by atoms with Crippen molar-refractivity contribution in [1.82, 2.24) is 9.97 Å². The number of anilines is 1. The molecule has 2 N–H and O–H groups in total. The van der Waals surface area contributed by atoms with Crippen molar-refractivity contribution < 1.29 is 14.3 Å². The number of H-pyrrole nitrogens is 2. The van der Waals surface area contributed by atoms with Gasteiger partial charge in [-0.1, -0.05) is 0 Å². The van der Waals surface area contributed by atoms with Crippen molar-refractivity contribution >= 4 is 28.6 Å². The van der Waals surface area contributed by atoms with Gasteiger partial charge < -0.3 is 19.6 Å². The smallest absolute Gasteiger partial charge is 0.323 e. The van der Waals surface area contributed by atoms with Gasteiger partial charge in [0, 0.05) is 18.7 Å². The van der Waals surface area contributed by atoms with Gasteiger partial charge in [0.05, 0.1) is 24.1 Å². The lowest BCUT2D eigenvalue weighted by atomic mass is 10.1. The van der Waals surface area contributed by atoms with Crippen molar-refractivity contribution in [1.29, 1.82) is 0 Å². The Morgan fingerprint density at radius 1 is 1.30 bits per heavy atom. The number of carbonyl (C=O) groups excluding carboxylic acids is 2. The molecule has 0 bridgehead atoms. The third-order valence-corrected chi connectivity index (χ3v) is 3.47. The van der Waals surface area contributed by atoms with E-state index in [1.54, 1.807) is 18.2 Å². The van der Waals surface area contributed by atoms with Crippen LogP contribution in [0.1, 0.15) is 6.42 Å². The van der Waals surface area contributed by atoms with E-state index in [2.05, 4.69) is 14.7 Å². The number of nitrogens with zero attached hydrogens (tertiary/aromatic N) is 1. The number of imidazole rings is 1. The third-order valence-electron chi connectivity index (χ3n) is 3.47. The number of aromatic amines is 2. The van der Waals surface area contributed by atoms with Gasteiger partial charge in [0.2, 0.25) is 5.91 Å². The molecule has 1 amide bonds. The fraction of sp³-hybridized carbons (Fsp3) is 0.308. The molecule has 20 heavy (non-hydrogen) atoms. The number of carbonyl (C=O) groups is 2. The van der Waals surface area contributed by atoms with Gasteiger partial charge in [-0.25, -0.2) is 4.79 Å². The molecule has 0 spiro atoms.